The number of hydrogen-bond acceptors (Lipinski definition) is 10. The van der Waals surface area contributed by atoms with E-state index in [1.54, 1.807) is 23.1 Å². The minimum atomic E-state index is -1.01. The van der Waals surface area contributed by atoms with E-state index in [9.17, 15) is 37.5 Å². The number of carbonyl (C=O) groups excluding carboxylic acids is 6. The highest BCUT2D eigenvalue weighted by atomic mass is 19.2. The topological polar surface area (TPSA) is 189 Å². The van der Waals surface area contributed by atoms with E-state index in [1.807, 2.05) is 26.0 Å². The molecule has 0 bridgehead atoms. The van der Waals surface area contributed by atoms with Crippen LogP contribution < -0.4 is 20.9 Å². The third kappa shape index (κ3) is 9.77. The van der Waals surface area contributed by atoms with Crippen LogP contribution in [0.15, 0.2) is 59.1 Å². The quantitative estimate of drug-likeness (QED) is 0.0599. The second kappa shape index (κ2) is 20.4. The number of piperidine rings is 2. The van der Waals surface area contributed by atoms with Gasteiger partial charge in [-0.15, -0.1) is 0 Å². The van der Waals surface area contributed by atoms with E-state index >= 15 is 0 Å². The lowest BCUT2D eigenvalue weighted by Crippen LogP contribution is -2.54. The second-order valence-electron chi connectivity index (χ2n) is 18.9. The van der Waals surface area contributed by atoms with E-state index in [0.717, 1.165) is 116 Å². The summed E-state index contributed by atoms with van der Waals surface area (Å²) in [4.78, 5) is 85.1. The van der Waals surface area contributed by atoms with E-state index in [1.165, 1.54) is 6.07 Å². The second-order valence-corrected chi connectivity index (χ2v) is 18.9. The fourth-order valence-corrected chi connectivity index (χ4v) is 10.8. The lowest BCUT2D eigenvalue weighted by Gasteiger charge is -2.37. The molecule has 6 amide bonds. The molecule has 3 fully saturated rings. The van der Waals surface area contributed by atoms with Gasteiger partial charge >= 0.3 is 0 Å². The molecule has 2 aromatic heterocycles. The van der Waals surface area contributed by atoms with Gasteiger partial charge in [-0.1, -0.05) is 49.4 Å². The van der Waals surface area contributed by atoms with Crippen molar-refractivity contribution in [1.82, 2.24) is 30.2 Å². The summed E-state index contributed by atoms with van der Waals surface area (Å²) in [5.41, 5.74) is 5.63. The van der Waals surface area contributed by atoms with Gasteiger partial charge in [-0.3, -0.25) is 39.0 Å². The van der Waals surface area contributed by atoms with Crippen LogP contribution in [0.25, 0.3) is 22.2 Å². The number of hydrogen-bond donors (Lipinski definition) is 3. The molecule has 2 saturated heterocycles. The van der Waals surface area contributed by atoms with Crippen LogP contribution in [0.3, 0.4) is 0 Å². The molecule has 3 aromatic carbocycles. The lowest BCUT2D eigenvalue weighted by molar-refractivity contribution is -0.136. The van der Waals surface area contributed by atoms with Gasteiger partial charge in [-0.2, -0.15) is 0 Å². The van der Waals surface area contributed by atoms with Gasteiger partial charge in [0.15, 0.2) is 11.6 Å². The predicted molar refractivity (Wildman–Crippen MR) is 253 cm³/mol. The van der Waals surface area contributed by atoms with Gasteiger partial charge in [-0.05, 0) is 114 Å². The summed E-state index contributed by atoms with van der Waals surface area (Å²) in [5.74, 6) is -2.79. The summed E-state index contributed by atoms with van der Waals surface area (Å²) < 4.78 is 36.4. The van der Waals surface area contributed by atoms with E-state index in [0.29, 0.717) is 55.2 Å². The Morgan fingerprint density at radius 3 is 2.29 bits per heavy atom. The van der Waals surface area contributed by atoms with Crippen molar-refractivity contribution < 1.29 is 42.1 Å². The van der Waals surface area contributed by atoms with Crippen LogP contribution in [-0.4, -0.2) is 73.7 Å². The number of imide groups is 2. The highest BCUT2D eigenvalue weighted by molar-refractivity contribution is 6.25. The Balaban J connectivity index is 0.741. The summed E-state index contributed by atoms with van der Waals surface area (Å²) in [5, 5.41) is 13.0. The molecule has 1 unspecified atom stereocenters. The summed E-state index contributed by atoms with van der Waals surface area (Å²) in [6.07, 6.45) is 12.0. The molecular formula is C52H58F2N8O7. The zero-order valence-corrected chi connectivity index (χ0v) is 39.1. The maximum Gasteiger partial charge on any atom is 0.264 e. The number of halogens is 2. The molecule has 3 aliphatic heterocycles. The Morgan fingerprint density at radius 2 is 1.55 bits per heavy atom. The van der Waals surface area contributed by atoms with Crippen LogP contribution in [0, 0.1) is 25.5 Å². The maximum absolute atomic E-state index is 14.6. The molecule has 2 atom stereocenters. The number of aromatic nitrogens is 3. The highest BCUT2D eigenvalue weighted by Gasteiger charge is 2.46. The standard InChI is InChI=1S/C52H58F2N8O7/c1-30-47(31(2)69-59-30)32-17-24-41-40(28-32)57-49(42-14-11-16-46(65)60(42)35-22-23-37(53)38(54)29-35)61(41)34-20-18-33(19-21-34)56-44(63)15-8-6-4-3-5-7-9-27-55-39-13-10-12-36-48(39)52(68)62(51(36)67)43-25-26-45(64)58-50(43)66/h10,12-13,17,22-24,28-29,33-34,42-43,55H,3-9,11,14-16,18-21,25-27H2,1-2H3,(H,56,63)(H,58,64,66)/t33?,34?,42-,43?/m0/s1. The molecule has 1 aliphatic carbocycles. The van der Waals surface area contributed by atoms with Crippen LogP contribution in [0.2, 0.25) is 0 Å². The average Bonchev–Trinajstić information content (AvgIpc) is 3.97. The Morgan fingerprint density at radius 1 is 0.783 bits per heavy atom. The molecule has 1 saturated carbocycles. The number of amides is 6. The zero-order chi connectivity index (χ0) is 48.3. The molecule has 0 spiro atoms. The molecule has 9 rings (SSSR count). The number of carbonyl (C=O) groups is 6. The molecule has 69 heavy (non-hydrogen) atoms. The highest BCUT2D eigenvalue weighted by Crippen LogP contribution is 2.42. The first-order chi connectivity index (χ1) is 33.4. The first kappa shape index (κ1) is 47.3. The predicted octanol–water partition coefficient (Wildman–Crippen LogP) is 9.08. The number of nitrogens with one attached hydrogen (secondary N) is 3. The molecule has 17 heteroatoms. The van der Waals surface area contributed by atoms with Crippen LogP contribution in [0.4, 0.5) is 20.2 Å². The number of imidazole rings is 1. The Hall–Kier alpha value is -6.78. The molecule has 362 valence electrons. The summed E-state index contributed by atoms with van der Waals surface area (Å²) in [6.45, 7) is 4.39. The number of anilines is 2. The van der Waals surface area contributed by atoms with Gasteiger partial charge < -0.3 is 24.6 Å². The molecule has 5 heterocycles. The van der Waals surface area contributed by atoms with E-state index in [2.05, 4.69) is 31.7 Å². The van der Waals surface area contributed by atoms with Crippen molar-refractivity contribution in [3.05, 3.63) is 94.6 Å². The van der Waals surface area contributed by atoms with E-state index < -0.39 is 47.3 Å². The van der Waals surface area contributed by atoms with Crippen molar-refractivity contribution in [3.8, 4) is 11.1 Å². The Bertz CT molecular complexity index is 2790. The maximum atomic E-state index is 14.6. The monoisotopic (exact) mass is 944 g/mol. The molecule has 3 N–H and O–H groups in total. The molecular weight excluding hydrogens is 887 g/mol. The fourth-order valence-electron chi connectivity index (χ4n) is 10.8. The van der Waals surface area contributed by atoms with Gasteiger partial charge in [0.1, 0.15) is 17.6 Å². The van der Waals surface area contributed by atoms with Crippen LogP contribution in [0.1, 0.15) is 159 Å². The van der Waals surface area contributed by atoms with Crippen molar-refractivity contribution in [2.75, 3.05) is 16.8 Å². The zero-order valence-electron chi connectivity index (χ0n) is 39.1. The lowest BCUT2D eigenvalue weighted by atomic mass is 9.90. The van der Waals surface area contributed by atoms with Crippen molar-refractivity contribution in [2.24, 2.45) is 0 Å². The number of aryl methyl sites for hydroxylation is 2. The van der Waals surface area contributed by atoms with E-state index in [-0.39, 0.29) is 47.9 Å². The Labute approximate surface area is 398 Å². The number of fused-ring (bicyclic) bond motifs is 2. The van der Waals surface area contributed by atoms with Crippen molar-refractivity contribution in [1.29, 1.82) is 0 Å². The Kier molecular flexibility index (Phi) is 14.0. The first-order valence-corrected chi connectivity index (χ1v) is 24.5. The summed E-state index contributed by atoms with van der Waals surface area (Å²) in [7, 11) is 0. The number of rotatable bonds is 17. The fraction of sp³-hybridized carbons (Fsp3) is 0.462. The smallest absolute Gasteiger partial charge is 0.264 e. The minimum Gasteiger partial charge on any atom is -0.384 e. The van der Waals surface area contributed by atoms with Crippen LogP contribution in [-0.2, 0) is 19.2 Å². The van der Waals surface area contributed by atoms with Crippen molar-refractivity contribution >= 4 is 57.9 Å². The van der Waals surface area contributed by atoms with Gasteiger partial charge in [0.2, 0.25) is 23.6 Å². The van der Waals surface area contributed by atoms with Gasteiger partial charge in [0, 0.05) is 60.9 Å². The van der Waals surface area contributed by atoms with E-state index in [4.69, 9.17) is 9.51 Å². The first-order valence-electron chi connectivity index (χ1n) is 24.5. The number of benzene rings is 3. The van der Waals surface area contributed by atoms with Crippen LogP contribution >= 0.6 is 0 Å². The summed E-state index contributed by atoms with van der Waals surface area (Å²) in [6, 6.07) is 13.3. The molecule has 5 aromatic rings. The normalized spacial score (nSPS) is 20.7. The average molecular weight is 945 g/mol. The van der Waals surface area contributed by atoms with Gasteiger partial charge in [-0.25, -0.2) is 13.8 Å². The third-order valence-corrected chi connectivity index (χ3v) is 14.3. The summed E-state index contributed by atoms with van der Waals surface area (Å²) >= 11 is 0. The SMILES string of the molecule is Cc1noc(C)c1-c1ccc2c(c1)nc([C@@H]1CCCC(=O)N1c1ccc(F)c(F)c1)n2C1CCC(NC(=O)CCCCCCCCCNc2cccc3c2C(=O)N(C2CCC(=O)NC2=O)C3=O)CC1. The molecule has 15 nitrogen and oxygen atoms in total. The van der Waals surface area contributed by atoms with Gasteiger partial charge in [0.25, 0.3) is 11.8 Å². The third-order valence-electron chi connectivity index (χ3n) is 14.3. The largest absolute Gasteiger partial charge is 0.384 e. The van der Waals surface area contributed by atoms with Crippen molar-refractivity contribution in [2.45, 2.75) is 147 Å². The van der Waals surface area contributed by atoms with Crippen molar-refractivity contribution in [3.63, 3.8) is 0 Å². The molecule has 4 aliphatic rings. The minimum absolute atomic E-state index is 0.0365. The number of unbranched alkanes of at least 4 members (excludes halogenated alkanes) is 6. The molecule has 0 radical (unpaired) electrons. The van der Waals surface area contributed by atoms with Gasteiger partial charge in [0.05, 0.1) is 33.9 Å². The number of nitrogens with zero attached hydrogens (tertiary/aromatic N) is 5. The van der Waals surface area contributed by atoms with Crippen LogP contribution in [0.5, 0.6) is 0 Å².